The highest BCUT2D eigenvalue weighted by atomic mass is 16.6. The summed E-state index contributed by atoms with van der Waals surface area (Å²) >= 11 is 0. The number of rotatable bonds is 4. The number of nitrogens with zero attached hydrogens (tertiary/aromatic N) is 2. The molecule has 1 heterocycles. The van der Waals surface area contributed by atoms with Crippen LogP contribution in [-0.4, -0.2) is 61.3 Å². The average Bonchev–Trinajstić information content (AvgIpc) is 2.63. The Kier molecular flexibility index (Phi) is 5.41. The lowest BCUT2D eigenvalue weighted by molar-refractivity contribution is 0.0275. The first-order valence-electron chi connectivity index (χ1n) is 6.68. The molecule has 0 aromatic heterocycles. The number of amides is 1. The van der Waals surface area contributed by atoms with E-state index in [9.17, 15) is 4.79 Å². The Morgan fingerprint density at radius 3 is 2.72 bits per heavy atom. The van der Waals surface area contributed by atoms with Crippen molar-refractivity contribution in [1.82, 2.24) is 9.80 Å². The molecule has 0 aromatic carbocycles. The third kappa shape index (κ3) is 5.23. The first kappa shape index (κ1) is 15.2. The maximum Gasteiger partial charge on any atom is 0.410 e. The SMILES string of the molecule is CN(C[C@H]1CCN(CCN)C1)C(=O)OC(C)(C)C. The minimum atomic E-state index is -0.424. The average molecular weight is 257 g/mol. The van der Waals surface area contributed by atoms with E-state index >= 15 is 0 Å². The molecular weight excluding hydrogens is 230 g/mol. The molecule has 5 heteroatoms. The zero-order valence-electron chi connectivity index (χ0n) is 12.1. The van der Waals surface area contributed by atoms with Gasteiger partial charge in [0.25, 0.3) is 0 Å². The van der Waals surface area contributed by atoms with Crippen molar-refractivity contribution in [1.29, 1.82) is 0 Å². The van der Waals surface area contributed by atoms with E-state index in [1.165, 1.54) is 0 Å². The minimum absolute atomic E-state index is 0.236. The van der Waals surface area contributed by atoms with Crippen LogP contribution in [0.4, 0.5) is 4.79 Å². The molecule has 0 radical (unpaired) electrons. The monoisotopic (exact) mass is 257 g/mol. The summed E-state index contributed by atoms with van der Waals surface area (Å²) in [6, 6.07) is 0. The van der Waals surface area contributed by atoms with Gasteiger partial charge in [0.05, 0.1) is 0 Å². The number of ether oxygens (including phenoxy) is 1. The van der Waals surface area contributed by atoms with Gasteiger partial charge >= 0.3 is 6.09 Å². The van der Waals surface area contributed by atoms with Crippen LogP contribution in [0.25, 0.3) is 0 Å². The summed E-state index contributed by atoms with van der Waals surface area (Å²) < 4.78 is 5.34. The van der Waals surface area contributed by atoms with Crippen LogP contribution in [0.2, 0.25) is 0 Å². The Morgan fingerprint density at radius 2 is 2.17 bits per heavy atom. The van der Waals surface area contributed by atoms with Gasteiger partial charge in [-0.05, 0) is 39.7 Å². The van der Waals surface area contributed by atoms with Crippen molar-refractivity contribution in [3.05, 3.63) is 0 Å². The second-order valence-corrected chi connectivity index (χ2v) is 6.10. The normalized spacial score (nSPS) is 21.1. The van der Waals surface area contributed by atoms with E-state index < -0.39 is 5.60 Å². The standard InChI is InChI=1S/C13H27N3O2/c1-13(2,3)18-12(17)15(4)9-11-5-7-16(10-11)8-6-14/h11H,5-10,14H2,1-4H3/t11-/m1/s1. The molecule has 1 aliphatic rings. The molecule has 1 fully saturated rings. The van der Waals surface area contributed by atoms with Gasteiger partial charge in [-0.1, -0.05) is 0 Å². The Labute approximate surface area is 110 Å². The smallest absolute Gasteiger partial charge is 0.410 e. The summed E-state index contributed by atoms with van der Waals surface area (Å²) in [7, 11) is 1.81. The van der Waals surface area contributed by atoms with Gasteiger partial charge in [-0.25, -0.2) is 4.79 Å². The quantitative estimate of drug-likeness (QED) is 0.820. The lowest BCUT2D eigenvalue weighted by atomic mass is 10.1. The minimum Gasteiger partial charge on any atom is -0.444 e. The van der Waals surface area contributed by atoms with E-state index in [4.69, 9.17) is 10.5 Å². The fourth-order valence-electron chi connectivity index (χ4n) is 2.25. The zero-order valence-corrected chi connectivity index (χ0v) is 12.1. The second kappa shape index (κ2) is 6.38. The van der Waals surface area contributed by atoms with Crippen LogP contribution in [0, 0.1) is 5.92 Å². The molecule has 0 spiro atoms. The highest BCUT2D eigenvalue weighted by molar-refractivity contribution is 5.67. The lowest BCUT2D eigenvalue weighted by Crippen LogP contribution is -2.37. The van der Waals surface area contributed by atoms with Gasteiger partial charge in [-0.15, -0.1) is 0 Å². The molecule has 18 heavy (non-hydrogen) atoms. The van der Waals surface area contributed by atoms with Crippen molar-refractivity contribution in [2.24, 2.45) is 11.7 Å². The van der Waals surface area contributed by atoms with Crippen LogP contribution in [0.15, 0.2) is 0 Å². The van der Waals surface area contributed by atoms with Crippen molar-refractivity contribution in [2.75, 3.05) is 39.8 Å². The summed E-state index contributed by atoms with van der Waals surface area (Å²) in [4.78, 5) is 15.9. The molecule has 106 valence electrons. The molecular formula is C13H27N3O2. The van der Waals surface area contributed by atoms with Crippen molar-refractivity contribution in [3.63, 3.8) is 0 Å². The molecule has 1 atom stereocenters. The molecule has 2 N–H and O–H groups in total. The summed E-state index contributed by atoms with van der Waals surface area (Å²) in [6.45, 7) is 10.2. The Hall–Kier alpha value is -0.810. The molecule has 1 saturated heterocycles. The first-order chi connectivity index (χ1) is 8.31. The fourth-order valence-corrected chi connectivity index (χ4v) is 2.25. The number of nitrogens with two attached hydrogens (primary N) is 1. The number of carbonyl (C=O) groups is 1. The lowest BCUT2D eigenvalue weighted by Gasteiger charge is -2.26. The van der Waals surface area contributed by atoms with Gasteiger partial charge in [0.2, 0.25) is 0 Å². The van der Waals surface area contributed by atoms with Gasteiger partial charge in [0.1, 0.15) is 5.60 Å². The maximum absolute atomic E-state index is 11.8. The molecule has 5 nitrogen and oxygen atoms in total. The van der Waals surface area contributed by atoms with Crippen molar-refractivity contribution < 1.29 is 9.53 Å². The van der Waals surface area contributed by atoms with Crippen molar-refractivity contribution in [3.8, 4) is 0 Å². The van der Waals surface area contributed by atoms with E-state index in [0.29, 0.717) is 12.5 Å². The highest BCUT2D eigenvalue weighted by Gasteiger charge is 2.26. The Morgan fingerprint density at radius 1 is 1.50 bits per heavy atom. The van der Waals surface area contributed by atoms with E-state index in [2.05, 4.69) is 4.90 Å². The summed E-state index contributed by atoms with van der Waals surface area (Å²) in [6.07, 6.45) is 0.896. The number of hydrogen-bond donors (Lipinski definition) is 1. The Bertz CT molecular complexity index is 276. The van der Waals surface area contributed by atoms with E-state index in [-0.39, 0.29) is 6.09 Å². The molecule has 0 bridgehead atoms. The molecule has 0 aliphatic carbocycles. The van der Waals surface area contributed by atoms with Gasteiger partial charge in [0, 0.05) is 33.2 Å². The fraction of sp³-hybridized carbons (Fsp3) is 0.923. The molecule has 1 rings (SSSR count). The van der Waals surface area contributed by atoms with E-state index in [1.807, 2.05) is 20.8 Å². The van der Waals surface area contributed by atoms with Crippen LogP contribution in [-0.2, 0) is 4.74 Å². The van der Waals surface area contributed by atoms with Crippen molar-refractivity contribution in [2.45, 2.75) is 32.8 Å². The second-order valence-electron chi connectivity index (χ2n) is 6.10. The van der Waals surface area contributed by atoms with Crippen LogP contribution in [0.5, 0.6) is 0 Å². The van der Waals surface area contributed by atoms with Gasteiger partial charge in [-0.2, -0.15) is 0 Å². The number of likely N-dealkylation sites (tertiary alicyclic amines) is 1. The predicted molar refractivity (Wildman–Crippen MR) is 72.5 cm³/mol. The molecule has 1 aliphatic heterocycles. The van der Waals surface area contributed by atoms with Crippen LogP contribution in [0.1, 0.15) is 27.2 Å². The molecule has 0 saturated carbocycles. The zero-order chi connectivity index (χ0) is 13.8. The number of hydrogen-bond acceptors (Lipinski definition) is 4. The van der Waals surface area contributed by atoms with Crippen molar-refractivity contribution >= 4 is 6.09 Å². The van der Waals surface area contributed by atoms with Gasteiger partial charge < -0.3 is 20.3 Å². The van der Waals surface area contributed by atoms with Gasteiger partial charge in [0.15, 0.2) is 0 Å². The molecule has 1 amide bonds. The summed E-state index contributed by atoms with van der Waals surface area (Å²) in [5, 5.41) is 0. The predicted octanol–water partition coefficient (Wildman–Crippen LogP) is 1.13. The largest absolute Gasteiger partial charge is 0.444 e. The first-order valence-corrected chi connectivity index (χ1v) is 6.68. The third-order valence-electron chi connectivity index (χ3n) is 3.05. The van der Waals surface area contributed by atoms with Crippen LogP contribution >= 0.6 is 0 Å². The molecule has 0 aromatic rings. The number of carbonyl (C=O) groups excluding carboxylic acids is 1. The third-order valence-corrected chi connectivity index (χ3v) is 3.05. The Balaban J connectivity index is 2.32. The van der Waals surface area contributed by atoms with Gasteiger partial charge in [-0.3, -0.25) is 0 Å². The highest BCUT2D eigenvalue weighted by Crippen LogP contribution is 2.17. The summed E-state index contributed by atoms with van der Waals surface area (Å²) in [5.41, 5.74) is 5.12. The maximum atomic E-state index is 11.8. The van der Waals surface area contributed by atoms with E-state index in [0.717, 1.165) is 32.6 Å². The topological polar surface area (TPSA) is 58.8 Å². The molecule has 0 unspecified atom stereocenters. The van der Waals surface area contributed by atoms with Crippen LogP contribution < -0.4 is 5.73 Å². The summed E-state index contributed by atoms with van der Waals surface area (Å²) in [5.74, 6) is 0.536. The van der Waals surface area contributed by atoms with Crippen LogP contribution in [0.3, 0.4) is 0 Å². The van der Waals surface area contributed by atoms with E-state index in [1.54, 1.807) is 11.9 Å².